The standard InChI is InChI=1S/C6H6N2O2S/c1-2-6-5(3-7)8-4-11(6,9)10/h2-4,7H,1H2. The summed E-state index contributed by atoms with van der Waals surface area (Å²) < 4.78 is 22.0. The smallest absolute Gasteiger partial charge is 0.219 e. The van der Waals surface area contributed by atoms with Gasteiger partial charge in [0.2, 0.25) is 9.84 Å². The molecule has 1 aliphatic heterocycles. The van der Waals surface area contributed by atoms with Crippen LogP contribution in [0.2, 0.25) is 0 Å². The SMILES string of the molecule is C=CC1=C(C=N)N=CS1(=O)=O. The van der Waals surface area contributed by atoms with Gasteiger partial charge in [0.25, 0.3) is 0 Å². The molecule has 0 fully saturated rings. The maximum absolute atomic E-state index is 11.0. The van der Waals surface area contributed by atoms with E-state index in [2.05, 4.69) is 11.6 Å². The molecule has 4 nitrogen and oxygen atoms in total. The molecular formula is C6H6N2O2S. The number of allylic oxidation sites excluding steroid dienone is 2. The number of hydrogen-bond donors (Lipinski definition) is 1. The quantitative estimate of drug-likeness (QED) is 0.612. The highest BCUT2D eigenvalue weighted by molar-refractivity contribution is 8.08. The molecule has 0 aromatic rings. The van der Waals surface area contributed by atoms with Gasteiger partial charge in [0.1, 0.15) is 11.2 Å². The lowest BCUT2D eigenvalue weighted by Crippen LogP contribution is -1.98. The van der Waals surface area contributed by atoms with E-state index in [0.29, 0.717) is 0 Å². The maximum atomic E-state index is 11.0. The lowest BCUT2D eigenvalue weighted by Gasteiger charge is -1.90. The van der Waals surface area contributed by atoms with Crippen molar-refractivity contribution >= 4 is 21.6 Å². The molecule has 0 saturated carbocycles. The molecule has 1 N–H and O–H groups in total. The number of nitrogens with one attached hydrogen (secondary N) is 1. The summed E-state index contributed by atoms with van der Waals surface area (Å²) in [6.07, 6.45) is 2.07. The van der Waals surface area contributed by atoms with Gasteiger partial charge in [-0.05, 0) is 6.08 Å². The molecule has 0 amide bonds. The first-order chi connectivity index (χ1) is 5.11. The molecule has 0 spiro atoms. The summed E-state index contributed by atoms with van der Waals surface area (Å²) in [5, 5.41) is 6.80. The molecule has 11 heavy (non-hydrogen) atoms. The topological polar surface area (TPSA) is 70.3 Å². The Morgan fingerprint density at radius 2 is 2.27 bits per heavy atom. The lowest BCUT2D eigenvalue weighted by atomic mass is 10.4. The van der Waals surface area contributed by atoms with Crippen molar-refractivity contribution in [2.24, 2.45) is 4.99 Å². The molecule has 1 rings (SSSR count). The molecule has 0 aromatic carbocycles. The van der Waals surface area contributed by atoms with Crippen LogP contribution >= 0.6 is 0 Å². The number of hydrogen-bond acceptors (Lipinski definition) is 4. The van der Waals surface area contributed by atoms with E-state index in [1.165, 1.54) is 6.08 Å². The van der Waals surface area contributed by atoms with Crippen LogP contribution in [0.25, 0.3) is 0 Å². The molecule has 0 saturated heterocycles. The first kappa shape index (κ1) is 7.87. The first-order valence-electron chi connectivity index (χ1n) is 2.78. The highest BCUT2D eigenvalue weighted by Gasteiger charge is 2.21. The van der Waals surface area contributed by atoms with E-state index in [1.54, 1.807) is 0 Å². The van der Waals surface area contributed by atoms with Crippen molar-refractivity contribution in [1.29, 1.82) is 5.41 Å². The lowest BCUT2D eigenvalue weighted by molar-refractivity contribution is 0.615. The molecule has 0 aromatic heterocycles. The van der Waals surface area contributed by atoms with Crippen molar-refractivity contribution in [2.45, 2.75) is 0 Å². The van der Waals surface area contributed by atoms with Crippen LogP contribution in [-0.4, -0.2) is 20.2 Å². The van der Waals surface area contributed by atoms with Gasteiger partial charge in [-0.25, -0.2) is 13.4 Å². The van der Waals surface area contributed by atoms with E-state index < -0.39 is 9.84 Å². The minimum absolute atomic E-state index is 0.00694. The van der Waals surface area contributed by atoms with Crippen LogP contribution in [0.5, 0.6) is 0 Å². The van der Waals surface area contributed by atoms with E-state index in [9.17, 15) is 8.42 Å². The fraction of sp³-hybridized carbons (Fsp3) is 0. The molecule has 0 bridgehead atoms. The third-order valence-electron chi connectivity index (χ3n) is 1.21. The molecule has 0 unspecified atom stereocenters. The Hall–Kier alpha value is -1.23. The van der Waals surface area contributed by atoms with Gasteiger partial charge < -0.3 is 5.41 Å². The Labute approximate surface area is 64.4 Å². The monoisotopic (exact) mass is 170 g/mol. The van der Waals surface area contributed by atoms with Crippen LogP contribution in [0.4, 0.5) is 0 Å². The molecule has 0 radical (unpaired) electrons. The van der Waals surface area contributed by atoms with Crippen molar-refractivity contribution in [2.75, 3.05) is 0 Å². The van der Waals surface area contributed by atoms with Gasteiger partial charge in [0.15, 0.2) is 0 Å². The summed E-state index contributed by atoms with van der Waals surface area (Å²) in [6, 6.07) is 0. The zero-order chi connectivity index (χ0) is 8.48. The second-order valence-corrected chi connectivity index (χ2v) is 3.62. The highest BCUT2D eigenvalue weighted by Crippen LogP contribution is 2.18. The first-order valence-corrected chi connectivity index (χ1v) is 4.33. The summed E-state index contributed by atoms with van der Waals surface area (Å²) >= 11 is 0. The van der Waals surface area contributed by atoms with Crippen molar-refractivity contribution in [3.05, 3.63) is 23.3 Å². The van der Waals surface area contributed by atoms with E-state index in [4.69, 9.17) is 5.41 Å². The minimum atomic E-state index is -3.38. The predicted octanol–water partition coefficient (Wildman–Crippen LogP) is 0.490. The van der Waals surface area contributed by atoms with Crippen molar-refractivity contribution in [1.82, 2.24) is 0 Å². The predicted molar refractivity (Wildman–Crippen MR) is 43.4 cm³/mol. The molecular weight excluding hydrogens is 164 g/mol. The Morgan fingerprint density at radius 3 is 2.64 bits per heavy atom. The van der Waals surface area contributed by atoms with Gasteiger partial charge in [-0.1, -0.05) is 6.58 Å². The summed E-state index contributed by atoms with van der Waals surface area (Å²) in [5.41, 5.74) is 0.963. The van der Waals surface area contributed by atoms with Crippen LogP contribution in [0.15, 0.2) is 28.2 Å². The average Bonchev–Trinajstić information content (AvgIpc) is 2.24. The maximum Gasteiger partial charge on any atom is 0.219 e. The second kappa shape index (κ2) is 2.43. The summed E-state index contributed by atoms with van der Waals surface area (Å²) in [5.74, 6) is 0. The van der Waals surface area contributed by atoms with Gasteiger partial charge in [0, 0.05) is 6.21 Å². The molecule has 0 aliphatic carbocycles. The van der Waals surface area contributed by atoms with Crippen LogP contribution in [0.1, 0.15) is 0 Å². The summed E-state index contributed by atoms with van der Waals surface area (Å²) in [7, 11) is -3.38. The van der Waals surface area contributed by atoms with E-state index >= 15 is 0 Å². The van der Waals surface area contributed by atoms with Crippen LogP contribution < -0.4 is 0 Å². The number of rotatable bonds is 2. The summed E-state index contributed by atoms with van der Waals surface area (Å²) in [6.45, 7) is 3.32. The van der Waals surface area contributed by atoms with Crippen LogP contribution in [0, 0.1) is 5.41 Å². The molecule has 0 atom stereocenters. The van der Waals surface area contributed by atoms with Gasteiger partial charge in [-0.15, -0.1) is 0 Å². The van der Waals surface area contributed by atoms with Crippen LogP contribution in [0.3, 0.4) is 0 Å². The van der Waals surface area contributed by atoms with E-state index in [-0.39, 0.29) is 10.6 Å². The largest absolute Gasteiger partial charge is 0.306 e. The van der Waals surface area contributed by atoms with E-state index in [0.717, 1.165) is 11.8 Å². The average molecular weight is 170 g/mol. The second-order valence-electron chi connectivity index (χ2n) is 1.88. The third kappa shape index (κ3) is 1.14. The molecule has 58 valence electrons. The number of sulfone groups is 1. The molecule has 1 heterocycles. The van der Waals surface area contributed by atoms with Gasteiger partial charge >= 0.3 is 0 Å². The van der Waals surface area contributed by atoms with Gasteiger partial charge in [0.05, 0.1) is 4.91 Å². The van der Waals surface area contributed by atoms with E-state index in [1.807, 2.05) is 0 Å². The Kier molecular flexibility index (Phi) is 1.74. The fourth-order valence-electron chi connectivity index (χ4n) is 0.721. The number of aliphatic imine (C=N–C) groups is 1. The zero-order valence-electron chi connectivity index (χ0n) is 5.61. The highest BCUT2D eigenvalue weighted by atomic mass is 32.2. The van der Waals surface area contributed by atoms with Crippen molar-refractivity contribution < 1.29 is 8.42 Å². The molecule has 5 heteroatoms. The molecule has 1 aliphatic rings. The van der Waals surface area contributed by atoms with Crippen molar-refractivity contribution in [3.63, 3.8) is 0 Å². The van der Waals surface area contributed by atoms with Crippen molar-refractivity contribution in [3.8, 4) is 0 Å². The Balaban J connectivity index is 3.39. The Morgan fingerprint density at radius 1 is 1.64 bits per heavy atom. The normalized spacial score (nSPS) is 20.4. The third-order valence-corrected chi connectivity index (χ3v) is 2.58. The Bertz CT molecular complexity index is 362. The van der Waals surface area contributed by atoms with Gasteiger partial charge in [-0.3, -0.25) is 0 Å². The fourth-order valence-corrected chi connectivity index (χ4v) is 1.72. The number of nitrogens with zero attached hydrogens (tertiary/aromatic N) is 1. The minimum Gasteiger partial charge on any atom is -0.306 e. The summed E-state index contributed by atoms with van der Waals surface area (Å²) in [4.78, 5) is 3.52. The zero-order valence-corrected chi connectivity index (χ0v) is 6.43. The van der Waals surface area contributed by atoms with Gasteiger partial charge in [-0.2, -0.15) is 0 Å². The van der Waals surface area contributed by atoms with Crippen LogP contribution in [-0.2, 0) is 9.84 Å².